The van der Waals surface area contributed by atoms with E-state index >= 15 is 0 Å². The Labute approximate surface area is 109 Å². The Morgan fingerprint density at radius 2 is 2.33 bits per heavy atom. The molecule has 0 saturated carbocycles. The van der Waals surface area contributed by atoms with E-state index < -0.39 is 6.10 Å². The van der Waals surface area contributed by atoms with Gasteiger partial charge in [-0.25, -0.2) is 4.98 Å². The van der Waals surface area contributed by atoms with Crippen LogP contribution in [0.15, 0.2) is 42.3 Å². The molecule has 0 aliphatic heterocycles. The van der Waals surface area contributed by atoms with Crippen molar-refractivity contribution < 1.29 is 5.11 Å². The number of aliphatic hydroxyl groups excluding tert-OH is 1. The van der Waals surface area contributed by atoms with Crippen LogP contribution in [0.2, 0.25) is 0 Å². The summed E-state index contributed by atoms with van der Waals surface area (Å²) in [5.74, 6) is 0. The van der Waals surface area contributed by atoms with Gasteiger partial charge in [0, 0.05) is 43.0 Å². The minimum absolute atomic E-state index is 0.418. The highest BCUT2D eigenvalue weighted by Gasteiger charge is 2.10. The second kappa shape index (κ2) is 4.88. The number of pyridine rings is 1. The molecule has 0 amide bonds. The molecule has 0 aromatic carbocycles. The highest BCUT2D eigenvalue weighted by atomic mass is 32.1. The highest BCUT2D eigenvalue weighted by molar-refractivity contribution is 7.15. The van der Waals surface area contributed by atoms with Crippen LogP contribution in [0.25, 0.3) is 4.96 Å². The average Bonchev–Trinajstić information content (AvgIpc) is 2.90. The summed E-state index contributed by atoms with van der Waals surface area (Å²) >= 11 is 1.60. The van der Waals surface area contributed by atoms with Gasteiger partial charge < -0.3 is 5.11 Å². The third-order valence-electron chi connectivity index (χ3n) is 2.78. The first kappa shape index (κ1) is 11.4. The Kier molecular flexibility index (Phi) is 3.08. The van der Waals surface area contributed by atoms with Crippen molar-refractivity contribution in [1.29, 1.82) is 0 Å². The first-order chi connectivity index (χ1) is 8.81. The number of rotatable bonds is 4. The van der Waals surface area contributed by atoms with E-state index in [9.17, 15) is 5.11 Å². The Morgan fingerprint density at radius 3 is 3.11 bits per heavy atom. The molecule has 0 fully saturated rings. The summed E-state index contributed by atoms with van der Waals surface area (Å²) in [4.78, 5) is 9.47. The van der Waals surface area contributed by atoms with E-state index in [0.717, 1.165) is 16.2 Å². The van der Waals surface area contributed by atoms with Crippen LogP contribution in [0.5, 0.6) is 0 Å². The molecule has 0 saturated heterocycles. The number of imidazole rings is 1. The van der Waals surface area contributed by atoms with E-state index in [-0.39, 0.29) is 0 Å². The van der Waals surface area contributed by atoms with Crippen molar-refractivity contribution in [3.63, 3.8) is 0 Å². The predicted octanol–water partition coefficient (Wildman–Crippen LogP) is 1.94. The quantitative estimate of drug-likeness (QED) is 0.779. The summed E-state index contributed by atoms with van der Waals surface area (Å²) in [6.45, 7) is 0. The van der Waals surface area contributed by atoms with E-state index in [1.54, 1.807) is 23.7 Å². The van der Waals surface area contributed by atoms with Gasteiger partial charge in [-0.15, -0.1) is 11.3 Å². The van der Waals surface area contributed by atoms with Gasteiger partial charge in [0.1, 0.15) is 0 Å². The molecule has 0 spiro atoms. The fourth-order valence-electron chi connectivity index (χ4n) is 1.98. The molecule has 5 heteroatoms. The molecule has 4 nitrogen and oxygen atoms in total. The van der Waals surface area contributed by atoms with Gasteiger partial charge in [0.15, 0.2) is 4.96 Å². The summed E-state index contributed by atoms with van der Waals surface area (Å²) in [6.07, 6.45) is 8.23. The van der Waals surface area contributed by atoms with Crippen LogP contribution in [-0.4, -0.2) is 25.6 Å². The van der Waals surface area contributed by atoms with Crippen LogP contribution in [-0.2, 0) is 12.8 Å². The molecule has 0 bridgehead atoms. The molecule has 0 aliphatic rings. The smallest absolute Gasteiger partial charge is 0.193 e. The van der Waals surface area contributed by atoms with Crippen molar-refractivity contribution in [2.45, 2.75) is 18.9 Å². The molecule has 3 aromatic heterocycles. The zero-order chi connectivity index (χ0) is 12.4. The van der Waals surface area contributed by atoms with Crippen molar-refractivity contribution in [2.75, 3.05) is 0 Å². The standard InChI is InChI=1S/C13H13N3OS/c17-12(6-10-2-1-3-14-8-10)7-11-9-16-4-5-18-13(16)15-11/h1-5,8-9,12,17H,6-7H2. The molecule has 0 aliphatic carbocycles. The van der Waals surface area contributed by atoms with E-state index in [1.807, 2.05) is 34.3 Å². The second-order valence-corrected chi connectivity index (χ2v) is 5.12. The molecule has 3 aromatic rings. The second-order valence-electron chi connectivity index (χ2n) is 4.25. The SMILES string of the molecule is OC(Cc1cccnc1)Cc1cn2ccsc2n1. The molecule has 1 unspecified atom stereocenters. The van der Waals surface area contributed by atoms with Crippen LogP contribution < -0.4 is 0 Å². The third-order valence-corrected chi connectivity index (χ3v) is 3.55. The lowest BCUT2D eigenvalue weighted by atomic mass is 10.1. The summed E-state index contributed by atoms with van der Waals surface area (Å²) in [5, 5.41) is 12.0. The number of aliphatic hydroxyl groups is 1. The van der Waals surface area contributed by atoms with E-state index in [1.165, 1.54) is 0 Å². The molecule has 1 N–H and O–H groups in total. The van der Waals surface area contributed by atoms with Crippen molar-refractivity contribution in [3.8, 4) is 0 Å². The van der Waals surface area contributed by atoms with Crippen molar-refractivity contribution in [1.82, 2.24) is 14.4 Å². The first-order valence-corrected chi connectivity index (χ1v) is 6.67. The number of fused-ring (bicyclic) bond motifs is 1. The minimum atomic E-state index is -0.418. The lowest BCUT2D eigenvalue weighted by molar-refractivity contribution is 0.174. The van der Waals surface area contributed by atoms with Gasteiger partial charge in [0.25, 0.3) is 0 Å². The van der Waals surface area contributed by atoms with Crippen LogP contribution in [0.3, 0.4) is 0 Å². The summed E-state index contributed by atoms with van der Waals surface area (Å²) in [5.41, 5.74) is 1.98. The summed E-state index contributed by atoms with van der Waals surface area (Å²) in [7, 11) is 0. The maximum absolute atomic E-state index is 10.0. The van der Waals surface area contributed by atoms with Crippen molar-refractivity contribution >= 4 is 16.3 Å². The van der Waals surface area contributed by atoms with Gasteiger partial charge in [0.05, 0.1) is 11.8 Å². The van der Waals surface area contributed by atoms with Gasteiger partial charge in [-0.2, -0.15) is 0 Å². The number of aromatic nitrogens is 3. The van der Waals surface area contributed by atoms with Crippen LogP contribution in [0, 0.1) is 0 Å². The number of thiazole rings is 1. The maximum atomic E-state index is 10.0. The Morgan fingerprint density at radius 1 is 1.39 bits per heavy atom. The summed E-state index contributed by atoms with van der Waals surface area (Å²) in [6, 6.07) is 3.86. The maximum Gasteiger partial charge on any atom is 0.193 e. The van der Waals surface area contributed by atoms with Crippen LogP contribution >= 0.6 is 11.3 Å². The molecule has 0 radical (unpaired) electrons. The molecule has 3 rings (SSSR count). The van der Waals surface area contributed by atoms with Crippen LogP contribution in [0.1, 0.15) is 11.3 Å². The minimum Gasteiger partial charge on any atom is -0.392 e. The number of hydrogen-bond acceptors (Lipinski definition) is 4. The third kappa shape index (κ3) is 2.42. The van der Waals surface area contributed by atoms with Crippen molar-refractivity contribution in [3.05, 3.63) is 53.6 Å². The molecular weight excluding hydrogens is 246 g/mol. The Hall–Kier alpha value is -1.72. The molecule has 3 heterocycles. The molecule has 1 atom stereocenters. The first-order valence-electron chi connectivity index (χ1n) is 5.79. The zero-order valence-corrected chi connectivity index (χ0v) is 10.5. The predicted molar refractivity (Wildman–Crippen MR) is 70.7 cm³/mol. The molecular formula is C13H13N3OS. The topological polar surface area (TPSA) is 50.4 Å². The van der Waals surface area contributed by atoms with E-state index in [0.29, 0.717) is 12.8 Å². The molecule has 92 valence electrons. The lowest BCUT2D eigenvalue weighted by Crippen LogP contribution is -2.14. The number of nitrogens with zero attached hydrogens (tertiary/aromatic N) is 3. The number of hydrogen-bond donors (Lipinski definition) is 1. The van der Waals surface area contributed by atoms with E-state index in [4.69, 9.17) is 0 Å². The van der Waals surface area contributed by atoms with Crippen LogP contribution in [0.4, 0.5) is 0 Å². The fraction of sp³-hybridized carbons (Fsp3) is 0.231. The Balaban J connectivity index is 1.67. The normalized spacial score (nSPS) is 12.9. The van der Waals surface area contributed by atoms with Crippen molar-refractivity contribution in [2.24, 2.45) is 0 Å². The average molecular weight is 259 g/mol. The monoisotopic (exact) mass is 259 g/mol. The van der Waals surface area contributed by atoms with Gasteiger partial charge >= 0.3 is 0 Å². The lowest BCUT2D eigenvalue weighted by Gasteiger charge is -2.08. The van der Waals surface area contributed by atoms with Gasteiger partial charge in [-0.3, -0.25) is 9.38 Å². The largest absolute Gasteiger partial charge is 0.392 e. The highest BCUT2D eigenvalue weighted by Crippen LogP contribution is 2.13. The van der Waals surface area contributed by atoms with Gasteiger partial charge in [0.2, 0.25) is 0 Å². The Bertz CT molecular complexity index is 603. The summed E-state index contributed by atoms with van der Waals surface area (Å²) < 4.78 is 1.98. The molecule has 18 heavy (non-hydrogen) atoms. The van der Waals surface area contributed by atoms with Gasteiger partial charge in [-0.05, 0) is 11.6 Å². The van der Waals surface area contributed by atoms with E-state index in [2.05, 4.69) is 9.97 Å². The fourth-order valence-corrected chi connectivity index (χ4v) is 2.70. The van der Waals surface area contributed by atoms with Gasteiger partial charge in [-0.1, -0.05) is 6.07 Å². The zero-order valence-electron chi connectivity index (χ0n) is 9.73.